The SMILES string of the molecule is CC[C@@](C)(CO)NC(=O)CNC(=O)c1cc(C)cc(C)c1. The highest BCUT2D eigenvalue weighted by Gasteiger charge is 2.23. The van der Waals surface area contributed by atoms with Crippen LogP contribution in [0, 0.1) is 13.8 Å². The van der Waals surface area contributed by atoms with E-state index in [4.69, 9.17) is 0 Å². The van der Waals surface area contributed by atoms with Gasteiger partial charge in [0.15, 0.2) is 0 Å². The summed E-state index contributed by atoms with van der Waals surface area (Å²) in [5.74, 6) is -0.592. The van der Waals surface area contributed by atoms with Gasteiger partial charge in [-0.05, 0) is 39.3 Å². The van der Waals surface area contributed by atoms with E-state index in [2.05, 4.69) is 10.6 Å². The Morgan fingerprint density at radius 2 is 1.76 bits per heavy atom. The standard InChI is InChI=1S/C16H24N2O3/c1-5-16(4,10-19)18-14(20)9-17-15(21)13-7-11(2)6-12(3)8-13/h6-8,19H,5,9-10H2,1-4H3,(H,17,21)(H,18,20)/t16-/m0/s1. The molecule has 2 amide bonds. The van der Waals surface area contributed by atoms with Crippen molar-refractivity contribution in [3.05, 3.63) is 34.9 Å². The zero-order valence-corrected chi connectivity index (χ0v) is 13.1. The van der Waals surface area contributed by atoms with Crippen molar-refractivity contribution in [3.8, 4) is 0 Å². The van der Waals surface area contributed by atoms with Crippen LogP contribution in [0.15, 0.2) is 18.2 Å². The van der Waals surface area contributed by atoms with E-state index in [9.17, 15) is 14.7 Å². The molecule has 0 aromatic heterocycles. The summed E-state index contributed by atoms with van der Waals surface area (Å²) >= 11 is 0. The maximum absolute atomic E-state index is 12.0. The molecule has 1 rings (SSSR count). The molecule has 0 aliphatic rings. The Labute approximate surface area is 125 Å². The lowest BCUT2D eigenvalue weighted by Crippen LogP contribution is -2.51. The molecule has 5 heteroatoms. The van der Waals surface area contributed by atoms with Crippen LogP contribution in [0.2, 0.25) is 0 Å². The molecular weight excluding hydrogens is 268 g/mol. The minimum atomic E-state index is -0.651. The molecule has 21 heavy (non-hydrogen) atoms. The number of hydrogen-bond acceptors (Lipinski definition) is 3. The molecule has 1 atom stereocenters. The zero-order chi connectivity index (χ0) is 16.0. The molecule has 0 bridgehead atoms. The van der Waals surface area contributed by atoms with E-state index in [-0.39, 0.29) is 25.0 Å². The van der Waals surface area contributed by atoms with Crippen molar-refractivity contribution >= 4 is 11.8 Å². The van der Waals surface area contributed by atoms with Crippen LogP contribution in [0.3, 0.4) is 0 Å². The van der Waals surface area contributed by atoms with Gasteiger partial charge in [0.25, 0.3) is 5.91 Å². The predicted octanol–water partition coefficient (Wildman–Crippen LogP) is 1.31. The van der Waals surface area contributed by atoms with Crippen molar-refractivity contribution in [1.29, 1.82) is 0 Å². The number of aliphatic hydroxyl groups excluding tert-OH is 1. The Balaban J connectivity index is 2.58. The molecular formula is C16H24N2O3. The van der Waals surface area contributed by atoms with Crippen LogP contribution in [0.4, 0.5) is 0 Å². The molecule has 1 aromatic carbocycles. The quantitative estimate of drug-likeness (QED) is 0.739. The van der Waals surface area contributed by atoms with Crippen LogP contribution in [0.25, 0.3) is 0 Å². The number of aryl methyl sites for hydroxylation is 2. The third-order valence-corrected chi connectivity index (χ3v) is 3.46. The largest absolute Gasteiger partial charge is 0.394 e. The van der Waals surface area contributed by atoms with Gasteiger partial charge in [-0.1, -0.05) is 24.1 Å². The Kier molecular flexibility index (Phi) is 5.90. The molecule has 0 unspecified atom stereocenters. The maximum Gasteiger partial charge on any atom is 0.251 e. The average Bonchev–Trinajstić information content (AvgIpc) is 2.43. The molecule has 5 nitrogen and oxygen atoms in total. The number of nitrogens with one attached hydrogen (secondary N) is 2. The van der Waals surface area contributed by atoms with E-state index < -0.39 is 5.54 Å². The molecule has 0 aliphatic heterocycles. The van der Waals surface area contributed by atoms with Crippen LogP contribution >= 0.6 is 0 Å². The number of rotatable bonds is 6. The molecule has 0 saturated heterocycles. The van der Waals surface area contributed by atoms with Crippen molar-refractivity contribution in [1.82, 2.24) is 10.6 Å². The summed E-state index contributed by atoms with van der Waals surface area (Å²) in [7, 11) is 0. The predicted molar refractivity (Wildman–Crippen MR) is 82.2 cm³/mol. The first-order valence-electron chi connectivity index (χ1n) is 7.08. The van der Waals surface area contributed by atoms with Gasteiger partial charge < -0.3 is 15.7 Å². The van der Waals surface area contributed by atoms with Crippen molar-refractivity contribution < 1.29 is 14.7 Å². The van der Waals surface area contributed by atoms with E-state index in [1.54, 1.807) is 19.1 Å². The Hall–Kier alpha value is -1.88. The van der Waals surface area contributed by atoms with Crippen molar-refractivity contribution in [3.63, 3.8) is 0 Å². The number of aliphatic hydroxyl groups is 1. The zero-order valence-electron chi connectivity index (χ0n) is 13.1. The molecule has 0 fully saturated rings. The summed E-state index contributed by atoms with van der Waals surface area (Å²) < 4.78 is 0. The fraction of sp³-hybridized carbons (Fsp3) is 0.500. The Morgan fingerprint density at radius 1 is 1.19 bits per heavy atom. The van der Waals surface area contributed by atoms with Crippen LogP contribution in [0.1, 0.15) is 41.8 Å². The van der Waals surface area contributed by atoms with Gasteiger partial charge in [-0.25, -0.2) is 0 Å². The third-order valence-electron chi connectivity index (χ3n) is 3.46. The topological polar surface area (TPSA) is 78.4 Å². The van der Waals surface area contributed by atoms with Gasteiger partial charge in [0.2, 0.25) is 5.91 Å². The molecule has 0 spiro atoms. The maximum atomic E-state index is 12.0. The molecule has 116 valence electrons. The molecule has 0 saturated carbocycles. The van der Waals surface area contributed by atoms with Gasteiger partial charge in [0.1, 0.15) is 0 Å². The van der Waals surface area contributed by atoms with Gasteiger partial charge in [0.05, 0.1) is 18.7 Å². The number of carbonyl (C=O) groups is 2. The minimum absolute atomic E-state index is 0.110. The lowest BCUT2D eigenvalue weighted by Gasteiger charge is -2.27. The highest BCUT2D eigenvalue weighted by atomic mass is 16.3. The summed E-state index contributed by atoms with van der Waals surface area (Å²) in [6, 6.07) is 5.55. The fourth-order valence-electron chi connectivity index (χ4n) is 1.99. The van der Waals surface area contributed by atoms with Crippen LogP contribution in [-0.4, -0.2) is 35.6 Å². The number of amides is 2. The van der Waals surface area contributed by atoms with Gasteiger partial charge in [0, 0.05) is 5.56 Å². The van der Waals surface area contributed by atoms with E-state index in [0.29, 0.717) is 12.0 Å². The summed E-state index contributed by atoms with van der Waals surface area (Å²) in [6.45, 7) is 7.23. The number of hydrogen-bond donors (Lipinski definition) is 3. The van der Waals surface area contributed by atoms with E-state index >= 15 is 0 Å². The second kappa shape index (κ2) is 7.22. The summed E-state index contributed by atoms with van der Waals surface area (Å²) in [5.41, 5.74) is 1.90. The molecule has 3 N–H and O–H groups in total. The first kappa shape index (κ1) is 17.2. The van der Waals surface area contributed by atoms with E-state index in [0.717, 1.165) is 11.1 Å². The smallest absolute Gasteiger partial charge is 0.251 e. The Bertz CT molecular complexity index is 502. The molecule has 0 aliphatic carbocycles. The lowest BCUT2D eigenvalue weighted by atomic mass is 10.0. The van der Waals surface area contributed by atoms with Crippen molar-refractivity contribution in [2.45, 2.75) is 39.7 Å². The molecule has 0 radical (unpaired) electrons. The minimum Gasteiger partial charge on any atom is -0.394 e. The number of benzene rings is 1. The highest BCUT2D eigenvalue weighted by molar-refractivity contribution is 5.96. The first-order chi connectivity index (χ1) is 9.79. The van der Waals surface area contributed by atoms with E-state index in [1.165, 1.54) is 0 Å². The van der Waals surface area contributed by atoms with Gasteiger partial charge >= 0.3 is 0 Å². The first-order valence-corrected chi connectivity index (χ1v) is 7.08. The highest BCUT2D eigenvalue weighted by Crippen LogP contribution is 2.09. The monoisotopic (exact) mass is 292 g/mol. The number of carbonyl (C=O) groups excluding carboxylic acids is 2. The van der Waals surface area contributed by atoms with Gasteiger partial charge in [-0.3, -0.25) is 9.59 Å². The second-order valence-electron chi connectivity index (χ2n) is 5.68. The lowest BCUT2D eigenvalue weighted by molar-refractivity contribution is -0.122. The normalized spacial score (nSPS) is 13.4. The van der Waals surface area contributed by atoms with Gasteiger partial charge in [-0.15, -0.1) is 0 Å². The van der Waals surface area contributed by atoms with Gasteiger partial charge in [-0.2, -0.15) is 0 Å². The summed E-state index contributed by atoms with van der Waals surface area (Å²) in [6.07, 6.45) is 0.611. The van der Waals surface area contributed by atoms with E-state index in [1.807, 2.05) is 26.8 Å². The summed E-state index contributed by atoms with van der Waals surface area (Å²) in [4.78, 5) is 23.8. The van der Waals surface area contributed by atoms with Crippen molar-refractivity contribution in [2.75, 3.05) is 13.2 Å². The summed E-state index contributed by atoms with van der Waals surface area (Å²) in [5, 5.41) is 14.6. The van der Waals surface area contributed by atoms with Crippen LogP contribution in [0.5, 0.6) is 0 Å². The molecule has 1 aromatic rings. The third kappa shape index (κ3) is 5.19. The van der Waals surface area contributed by atoms with Crippen molar-refractivity contribution in [2.24, 2.45) is 0 Å². The van der Waals surface area contributed by atoms with Crippen LogP contribution < -0.4 is 10.6 Å². The Morgan fingerprint density at radius 3 is 2.24 bits per heavy atom. The fourth-order valence-corrected chi connectivity index (χ4v) is 1.99. The second-order valence-corrected chi connectivity index (χ2v) is 5.68. The average molecular weight is 292 g/mol. The van der Waals surface area contributed by atoms with Crippen LogP contribution in [-0.2, 0) is 4.79 Å². The molecule has 0 heterocycles.